The molecule has 1 heterocycles. The molecule has 94 valence electrons. The SMILES string of the molecule is Nc1ccc(Cl)cc1CSc1nnnn1C1CC1. The van der Waals surface area contributed by atoms with Gasteiger partial charge in [0.2, 0.25) is 5.16 Å². The van der Waals surface area contributed by atoms with Gasteiger partial charge in [0.1, 0.15) is 0 Å². The number of aromatic nitrogens is 4. The molecule has 7 heteroatoms. The Morgan fingerprint density at radius 3 is 3.06 bits per heavy atom. The summed E-state index contributed by atoms with van der Waals surface area (Å²) in [6, 6.07) is 5.98. The van der Waals surface area contributed by atoms with Crippen LogP contribution in [0.1, 0.15) is 24.4 Å². The molecule has 18 heavy (non-hydrogen) atoms. The number of thioether (sulfide) groups is 1. The van der Waals surface area contributed by atoms with E-state index >= 15 is 0 Å². The maximum absolute atomic E-state index is 5.96. The Bertz CT molecular complexity index is 566. The van der Waals surface area contributed by atoms with Crippen molar-refractivity contribution in [1.82, 2.24) is 20.2 Å². The summed E-state index contributed by atoms with van der Waals surface area (Å²) in [7, 11) is 0. The lowest BCUT2D eigenvalue weighted by Crippen LogP contribution is -1.99. The Balaban J connectivity index is 1.73. The molecular weight excluding hydrogens is 270 g/mol. The van der Waals surface area contributed by atoms with Crippen molar-refractivity contribution in [3.8, 4) is 0 Å². The van der Waals surface area contributed by atoms with Crippen LogP contribution in [0.2, 0.25) is 5.02 Å². The smallest absolute Gasteiger partial charge is 0.209 e. The zero-order valence-corrected chi connectivity index (χ0v) is 11.2. The Labute approximate surface area is 114 Å². The van der Waals surface area contributed by atoms with Gasteiger partial charge in [0.25, 0.3) is 0 Å². The Morgan fingerprint density at radius 1 is 1.44 bits per heavy atom. The third-order valence-electron chi connectivity index (χ3n) is 2.82. The summed E-state index contributed by atoms with van der Waals surface area (Å²) in [6.45, 7) is 0. The van der Waals surface area contributed by atoms with E-state index in [0.717, 1.165) is 35.0 Å². The van der Waals surface area contributed by atoms with Gasteiger partial charge in [-0.25, -0.2) is 4.68 Å². The van der Waals surface area contributed by atoms with E-state index in [0.29, 0.717) is 11.1 Å². The molecule has 0 unspecified atom stereocenters. The third-order valence-corrected chi connectivity index (χ3v) is 4.03. The number of hydrogen-bond donors (Lipinski definition) is 1. The third kappa shape index (κ3) is 2.44. The molecule has 2 aromatic rings. The minimum absolute atomic E-state index is 0.485. The number of halogens is 1. The van der Waals surface area contributed by atoms with E-state index < -0.39 is 0 Å². The van der Waals surface area contributed by atoms with Gasteiger partial charge < -0.3 is 5.73 Å². The normalized spacial score (nSPS) is 14.9. The number of hydrogen-bond acceptors (Lipinski definition) is 5. The molecule has 1 aromatic heterocycles. The van der Waals surface area contributed by atoms with Gasteiger partial charge in [-0.2, -0.15) is 0 Å². The molecule has 0 atom stereocenters. The van der Waals surface area contributed by atoms with Crippen molar-refractivity contribution in [3.63, 3.8) is 0 Å². The molecule has 2 N–H and O–H groups in total. The second-order valence-corrected chi connectivity index (χ2v) is 5.65. The second kappa shape index (κ2) is 4.78. The first kappa shape index (κ1) is 11.8. The van der Waals surface area contributed by atoms with Crippen LogP contribution in [-0.4, -0.2) is 20.2 Å². The zero-order valence-electron chi connectivity index (χ0n) is 9.58. The molecule has 0 spiro atoms. The van der Waals surface area contributed by atoms with Crippen molar-refractivity contribution >= 4 is 29.1 Å². The highest BCUT2D eigenvalue weighted by Gasteiger charge is 2.27. The molecule has 1 aliphatic carbocycles. The number of nitrogens with two attached hydrogens (primary N) is 1. The summed E-state index contributed by atoms with van der Waals surface area (Å²) in [4.78, 5) is 0. The minimum atomic E-state index is 0.485. The molecule has 0 amide bonds. The van der Waals surface area contributed by atoms with Gasteiger partial charge in [0, 0.05) is 16.5 Å². The lowest BCUT2D eigenvalue weighted by Gasteiger charge is -2.06. The standard InChI is InChI=1S/C11H12ClN5S/c12-8-1-4-10(13)7(5-8)6-18-11-14-15-16-17(11)9-2-3-9/h1,4-5,9H,2-3,6,13H2. The van der Waals surface area contributed by atoms with E-state index in [1.165, 1.54) is 0 Å². The van der Waals surface area contributed by atoms with Crippen molar-refractivity contribution in [2.24, 2.45) is 0 Å². The van der Waals surface area contributed by atoms with Crippen LogP contribution in [0.5, 0.6) is 0 Å². The average molecular weight is 282 g/mol. The van der Waals surface area contributed by atoms with Crippen LogP contribution in [0.15, 0.2) is 23.4 Å². The fourth-order valence-electron chi connectivity index (χ4n) is 1.67. The van der Waals surface area contributed by atoms with Crippen molar-refractivity contribution in [1.29, 1.82) is 0 Å². The van der Waals surface area contributed by atoms with Gasteiger partial charge in [0.05, 0.1) is 6.04 Å². The second-order valence-electron chi connectivity index (χ2n) is 4.27. The number of rotatable bonds is 4. The molecule has 0 saturated heterocycles. The number of tetrazole rings is 1. The maximum Gasteiger partial charge on any atom is 0.209 e. The van der Waals surface area contributed by atoms with E-state index in [4.69, 9.17) is 17.3 Å². The van der Waals surface area contributed by atoms with E-state index in [9.17, 15) is 0 Å². The van der Waals surface area contributed by atoms with Crippen LogP contribution in [-0.2, 0) is 5.75 Å². The van der Waals surface area contributed by atoms with E-state index in [1.54, 1.807) is 17.8 Å². The highest BCUT2D eigenvalue weighted by molar-refractivity contribution is 7.98. The Kier molecular flexibility index (Phi) is 3.13. The van der Waals surface area contributed by atoms with Crippen molar-refractivity contribution in [2.45, 2.75) is 29.8 Å². The molecule has 0 aliphatic heterocycles. The molecular formula is C11H12ClN5S. The van der Waals surface area contributed by atoms with Crippen LogP contribution in [0, 0.1) is 0 Å². The van der Waals surface area contributed by atoms with Crippen molar-refractivity contribution in [2.75, 3.05) is 5.73 Å². The summed E-state index contributed by atoms with van der Waals surface area (Å²) in [5, 5.41) is 13.3. The zero-order chi connectivity index (χ0) is 12.5. The molecule has 1 aromatic carbocycles. The first-order valence-electron chi connectivity index (χ1n) is 5.68. The average Bonchev–Trinajstić information content (AvgIpc) is 3.10. The van der Waals surface area contributed by atoms with E-state index in [-0.39, 0.29) is 0 Å². The summed E-state index contributed by atoms with van der Waals surface area (Å²) < 4.78 is 1.89. The highest BCUT2D eigenvalue weighted by Crippen LogP contribution is 2.37. The fourth-order valence-corrected chi connectivity index (χ4v) is 2.81. The lowest BCUT2D eigenvalue weighted by atomic mass is 10.2. The van der Waals surface area contributed by atoms with Crippen LogP contribution >= 0.6 is 23.4 Å². The van der Waals surface area contributed by atoms with Gasteiger partial charge in [0.15, 0.2) is 0 Å². The summed E-state index contributed by atoms with van der Waals surface area (Å²) in [5.74, 6) is 0.722. The number of anilines is 1. The number of nitrogens with zero attached hydrogens (tertiary/aromatic N) is 4. The van der Waals surface area contributed by atoms with Gasteiger partial charge >= 0.3 is 0 Å². The van der Waals surface area contributed by atoms with Crippen molar-refractivity contribution < 1.29 is 0 Å². The fraction of sp³-hybridized carbons (Fsp3) is 0.364. The van der Waals surface area contributed by atoms with Crippen LogP contribution in [0.25, 0.3) is 0 Å². The summed E-state index contributed by atoms with van der Waals surface area (Å²) in [6.07, 6.45) is 2.33. The number of benzene rings is 1. The van der Waals surface area contributed by atoms with Crippen molar-refractivity contribution in [3.05, 3.63) is 28.8 Å². The van der Waals surface area contributed by atoms with Gasteiger partial charge in [-0.05, 0) is 47.0 Å². The molecule has 1 aliphatic rings. The maximum atomic E-state index is 5.96. The topological polar surface area (TPSA) is 69.6 Å². The first-order valence-corrected chi connectivity index (χ1v) is 7.05. The quantitative estimate of drug-likeness (QED) is 0.689. The van der Waals surface area contributed by atoms with Gasteiger partial charge in [-0.1, -0.05) is 23.4 Å². The van der Waals surface area contributed by atoms with Gasteiger partial charge in [-0.15, -0.1) is 5.10 Å². The van der Waals surface area contributed by atoms with Crippen LogP contribution < -0.4 is 5.73 Å². The predicted octanol–water partition coefficient (Wildman–Crippen LogP) is 2.54. The Hall–Kier alpha value is -1.27. The largest absolute Gasteiger partial charge is 0.398 e. The van der Waals surface area contributed by atoms with Crippen LogP contribution in [0.3, 0.4) is 0 Å². The molecule has 1 saturated carbocycles. The minimum Gasteiger partial charge on any atom is -0.398 e. The monoisotopic (exact) mass is 281 g/mol. The summed E-state index contributed by atoms with van der Waals surface area (Å²) in [5.41, 5.74) is 7.67. The first-order chi connectivity index (χ1) is 8.74. The molecule has 0 bridgehead atoms. The molecule has 3 rings (SSSR count). The summed E-state index contributed by atoms with van der Waals surface area (Å²) >= 11 is 7.55. The van der Waals surface area contributed by atoms with E-state index in [1.807, 2.05) is 16.8 Å². The Morgan fingerprint density at radius 2 is 2.28 bits per heavy atom. The van der Waals surface area contributed by atoms with E-state index in [2.05, 4.69) is 15.5 Å². The molecule has 5 nitrogen and oxygen atoms in total. The van der Waals surface area contributed by atoms with Gasteiger partial charge in [-0.3, -0.25) is 0 Å². The lowest BCUT2D eigenvalue weighted by molar-refractivity contribution is 0.565. The highest BCUT2D eigenvalue weighted by atomic mass is 35.5. The number of nitrogen functional groups attached to an aromatic ring is 1. The molecule has 0 radical (unpaired) electrons. The molecule has 1 fully saturated rings. The van der Waals surface area contributed by atoms with Crippen LogP contribution in [0.4, 0.5) is 5.69 Å². The predicted molar refractivity (Wildman–Crippen MR) is 71.5 cm³/mol.